The van der Waals surface area contributed by atoms with Gasteiger partial charge < -0.3 is 15.2 Å². The second kappa shape index (κ2) is 9.90. The highest BCUT2D eigenvalue weighted by Crippen LogP contribution is 2.38. The lowest BCUT2D eigenvalue weighted by molar-refractivity contribution is -0.137. The molecule has 35 heavy (non-hydrogen) atoms. The standard InChI is InChI=1S/C22H17ClF5N3O4/c1-10(11-3-5-12(6-4-11)21(33)34)29-19(32)16-17(18(24)25)30-31(2)20(16)35-15-8-7-13(9-14(15)23)22(26,27)28/h3-10,18H,1-2H3,(H,29,32)(H,33,34)/t10-/m0/s1. The van der Waals surface area contributed by atoms with Crippen molar-refractivity contribution >= 4 is 23.5 Å². The van der Waals surface area contributed by atoms with Crippen LogP contribution < -0.4 is 10.1 Å². The first-order valence-electron chi connectivity index (χ1n) is 9.83. The van der Waals surface area contributed by atoms with E-state index in [1.165, 1.54) is 31.3 Å². The minimum absolute atomic E-state index is 0.0172. The number of nitrogens with zero attached hydrogens (tertiary/aromatic N) is 2. The van der Waals surface area contributed by atoms with Crippen molar-refractivity contribution in [1.29, 1.82) is 0 Å². The van der Waals surface area contributed by atoms with E-state index in [0.717, 1.165) is 10.7 Å². The summed E-state index contributed by atoms with van der Waals surface area (Å²) in [5.74, 6) is -2.92. The normalized spacial score (nSPS) is 12.5. The number of rotatable bonds is 7. The number of carboxylic acid groups (broad SMARTS) is 1. The van der Waals surface area contributed by atoms with E-state index in [4.69, 9.17) is 21.4 Å². The van der Waals surface area contributed by atoms with Crippen molar-refractivity contribution in [2.75, 3.05) is 0 Å². The van der Waals surface area contributed by atoms with Gasteiger partial charge in [-0.3, -0.25) is 4.79 Å². The van der Waals surface area contributed by atoms with Gasteiger partial charge in [0.2, 0.25) is 5.88 Å². The molecule has 0 aliphatic heterocycles. The number of carbonyl (C=O) groups is 2. The van der Waals surface area contributed by atoms with Crippen molar-refractivity contribution in [3.63, 3.8) is 0 Å². The summed E-state index contributed by atoms with van der Waals surface area (Å²) in [7, 11) is 1.21. The fourth-order valence-electron chi connectivity index (χ4n) is 3.14. The average molecular weight is 518 g/mol. The molecule has 1 heterocycles. The number of aromatic carboxylic acids is 1. The third-order valence-corrected chi connectivity index (χ3v) is 5.22. The van der Waals surface area contributed by atoms with Gasteiger partial charge in [-0.25, -0.2) is 18.3 Å². The maximum Gasteiger partial charge on any atom is 0.416 e. The number of nitrogens with one attached hydrogen (secondary N) is 1. The Kier molecular flexibility index (Phi) is 7.34. The molecule has 3 aromatic rings. The Morgan fingerprint density at radius 3 is 2.29 bits per heavy atom. The molecule has 2 N–H and O–H groups in total. The maximum absolute atomic E-state index is 13.6. The number of carboxylic acids is 1. The van der Waals surface area contributed by atoms with Gasteiger partial charge in [0.15, 0.2) is 0 Å². The fourth-order valence-corrected chi connectivity index (χ4v) is 3.36. The van der Waals surface area contributed by atoms with E-state index in [0.29, 0.717) is 17.7 Å². The van der Waals surface area contributed by atoms with Crippen molar-refractivity contribution in [1.82, 2.24) is 15.1 Å². The lowest BCUT2D eigenvalue weighted by atomic mass is 10.1. The van der Waals surface area contributed by atoms with Crippen LogP contribution in [0.2, 0.25) is 5.02 Å². The molecule has 0 saturated heterocycles. The van der Waals surface area contributed by atoms with E-state index in [-0.39, 0.29) is 11.3 Å². The quantitative estimate of drug-likeness (QED) is 0.374. The Bertz CT molecular complexity index is 1260. The van der Waals surface area contributed by atoms with Gasteiger partial charge in [-0.2, -0.15) is 18.3 Å². The number of carbonyl (C=O) groups excluding carboxylic acids is 1. The summed E-state index contributed by atoms with van der Waals surface area (Å²) < 4.78 is 72.3. The van der Waals surface area contributed by atoms with E-state index in [1.807, 2.05) is 0 Å². The maximum atomic E-state index is 13.6. The van der Waals surface area contributed by atoms with Crippen LogP contribution in [0.1, 0.15) is 56.9 Å². The highest BCUT2D eigenvalue weighted by molar-refractivity contribution is 6.32. The Hall–Kier alpha value is -3.67. The topological polar surface area (TPSA) is 93.5 Å². The Labute approximate surface area is 200 Å². The van der Waals surface area contributed by atoms with Gasteiger partial charge in [0, 0.05) is 7.05 Å². The Balaban J connectivity index is 1.93. The van der Waals surface area contributed by atoms with Crippen LogP contribution in [0.15, 0.2) is 42.5 Å². The van der Waals surface area contributed by atoms with Gasteiger partial charge in [-0.05, 0) is 42.8 Å². The smallest absolute Gasteiger partial charge is 0.416 e. The van der Waals surface area contributed by atoms with Gasteiger partial charge in [0.1, 0.15) is 17.0 Å². The first kappa shape index (κ1) is 25.9. The number of halogens is 6. The first-order valence-corrected chi connectivity index (χ1v) is 10.2. The number of benzene rings is 2. The second-order valence-electron chi connectivity index (χ2n) is 7.36. The number of amides is 1. The van der Waals surface area contributed by atoms with Gasteiger partial charge in [-0.15, -0.1) is 0 Å². The summed E-state index contributed by atoms with van der Waals surface area (Å²) in [6.45, 7) is 1.54. The largest absolute Gasteiger partial charge is 0.478 e. The molecule has 2 aromatic carbocycles. The van der Waals surface area contributed by atoms with E-state index in [9.17, 15) is 31.5 Å². The van der Waals surface area contributed by atoms with Gasteiger partial charge in [-0.1, -0.05) is 23.7 Å². The molecule has 1 atom stereocenters. The monoisotopic (exact) mass is 517 g/mol. The van der Waals surface area contributed by atoms with Crippen LogP contribution in [-0.2, 0) is 13.2 Å². The van der Waals surface area contributed by atoms with Crippen LogP contribution in [0.4, 0.5) is 22.0 Å². The van der Waals surface area contributed by atoms with E-state index < -0.39 is 58.2 Å². The molecule has 186 valence electrons. The lowest BCUT2D eigenvalue weighted by Gasteiger charge is -2.16. The predicted molar refractivity (Wildman–Crippen MR) is 114 cm³/mol. The summed E-state index contributed by atoms with van der Waals surface area (Å²) in [6.07, 6.45) is -7.84. The van der Waals surface area contributed by atoms with Crippen LogP contribution in [0.25, 0.3) is 0 Å². The Morgan fingerprint density at radius 2 is 1.77 bits per heavy atom. The van der Waals surface area contributed by atoms with Crippen LogP contribution in [0.3, 0.4) is 0 Å². The molecule has 7 nitrogen and oxygen atoms in total. The molecule has 0 fully saturated rings. The third kappa shape index (κ3) is 5.70. The summed E-state index contributed by atoms with van der Waals surface area (Å²) in [4.78, 5) is 24.0. The Morgan fingerprint density at radius 1 is 1.14 bits per heavy atom. The second-order valence-corrected chi connectivity index (χ2v) is 7.76. The average Bonchev–Trinajstić information content (AvgIpc) is 3.10. The summed E-state index contributed by atoms with van der Waals surface area (Å²) >= 11 is 5.89. The SMILES string of the molecule is C[C@H](NC(=O)c1c(C(F)F)nn(C)c1Oc1ccc(C(F)(F)F)cc1Cl)c1ccc(C(=O)O)cc1. The molecule has 0 unspecified atom stereocenters. The zero-order valence-corrected chi connectivity index (χ0v) is 18.8. The number of hydrogen-bond donors (Lipinski definition) is 2. The van der Waals surface area contributed by atoms with Crippen molar-refractivity contribution in [3.05, 3.63) is 75.4 Å². The van der Waals surface area contributed by atoms with Crippen LogP contribution in [0, 0.1) is 0 Å². The van der Waals surface area contributed by atoms with Crippen molar-refractivity contribution < 1.29 is 41.4 Å². The number of aryl methyl sites for hydroxylation is 1. The van der Waals surface area contributed by atoms with E-state index in [2.05, 4.69) is 10.4 Å². The molecule has 1 amide bonds. The molecule has 13 heteroatoms. The molecule has 0 aliphatic carbocycles. The predicted octanol–water partition coefficient (Wildman–Crippen LogP) is 6.01. The summed E-state index contributed by atoms with van der Waals surface area (Å²) in [5.41, 5.74) is -2.08. The molecule has 0 aliphatic rings. The zero-order chi connectivity index (χ0) is 26.1. The van der Waals surface area contributed by atoms with Crippen molar-refractivity contribution in [2.45, 2.75) is 25.6 Å². The van der Waals surface area contributed by atoms with Gasteiger partial charge in [0.25, 0.3) is 12.3 Å². The number of hydrogen-bond acceptors (Lipinski definition) is 4. The van der Waals surface area contributed by atoms with Gasteiger partial charge in [0.05, 0.1) is 22.2 Å². The fraction of sp³-hybridized carbons (Fsp3) is 0.227. The van der Waals surface area contributed by atoms with Gasteiger partial charge >= 0.3 is 12.1 Å². The number of alkyl halides is 5. The first-order chi connectivity index (χ1) is 16.3. The molecular formula is C22H17ClF5N3O4. The van der Waals surface area contributed by atoms with Crippen molar-refractivity contribution in [2.24, 2.45) is 7.05 Å². The minimum atomic E-state index is -4.67. The molecule has 0 bridgehead atoms. The van der Waals surface area contributed by atoms with Crippen LogP contribution in [-0.4, -0.2) is 26.8 Å². The third-order valence-electron chi connectivity index (χ3n) is 4.93. The molecular weight excluding hydrogens is 501 g/mol. The number of aromatic nitrogens is 2. The molecule has 1 aromatic heterocycles. The highest BCUT2D eigenvalue weighted by atomic mass is 35.5. The van der Waals surface area contributed by atoms with E-state index in [1.54, 1.807) is 6.92 Å². The molecule has 0 saturated carbocycles. The molecule has 0 radical (unpaired) electrons. The van der Waals surface area contributed by atoms with Crippen LogP contribution >= 0.6 is 11.6 Å². The highest BCUT2D eigenvalue weighted by Gasteiger charge is 2.33. The molecule has 0 spiro atoms. The van der Waals surface area contributed by atoms with Crippen molar-refractivity contribution in [3.8, 4) is 11.6 Å². The summed E-state index contributed by atoms with van der Waals surface area (Å²) in [6, 6.07) is 6.98. The lowest BCUT2D eigenvalue weighted by Crippen LogP contribution is -2.27. The number of ether oxygens (including phenoxy) is 1. The molecule has 3 rings (SSSR count). The van der Waals surface area contributed by atoms with E-state index >= 15 is 0 Å². The summed E-state index contributed by atoms with van der Waals surface area (Å²) in [5, 5.41) is 14.7. The minimum Gasteiger partial charge on any atom is -0.478 e. The zero-order valence-electron chi connectivity index (χ0n) is 18.0. The van der Waals surface area contributed by atoms with Crippen LogP contribution in [0.5, 0.6) is 11.6 Å².